The van der Waals surface area contributed by atoms with E-state index in [-0.39, 0.29) is 5.91 Å². The van der Waals surface area contributed by atoms with Crippen LogP contribution in [0.25, 0.3) is 17.5 Å². The predicted molar refractivity (Wildman–Crippen MR) is 136 cm³/mol. The van der Waals surface area contributed by atoms with E-state index in [0.717, 1.165) is 40.1 Å². The number of rotatable bonds is 5. The van der Waals surface area contributed by atoms with Crippen LogP contribution in [0.3, 0.4) is 0 Å². The largest absolute Gasteiger partial charge is 0.340 e. The Bertz CT molecular complexity index is 1510. The molecule has 2 aromatic carbocycles. The Labute approximate surface area is 202 Å². The van der Waals surface area contributed by atoms with Gasteiger partial charge in [0.1, 0.15) is 5.82 Å². The van der Waals surface area contributed by atoms with Gasteiger partial charge in [-0.3, -0.25) is 9.79 Å². The molecule has 2 aliphatic rings. The van der Waals surface area contributed by atoms with Gasteiger partial charge in [0.25, 0.3) is 5.91 Å². The first kappa shape index (κ1) is 20.9. The fourth-order valence-corrected chi connectivity index (χ4v) is 4.33. The van der Waals surface area contributed by atoms with Crippen molar-refractivity contribution in [3.05, 3.63) is 94.9 Å². The fourth-order valence-electron chi connectivity index (χ4n) is 4.33. The van der Waals surface area contributed by atoms with Crippen LogP contribution in [0, 0.1) is 0 Å². The highest BCUT2D eigenvalue weighted by Gasteiger charge is 2.23. The second-order valence-corrected chi connectivity index (χ2v) is 8.50. The summed E-state index contributed by atoms with van der Waals surface area (Å²) in [5.41, 5.74) is 7.76. The summed E-state index contributed by atoms with van der Waals surface area (Å²) in [5, 5.41) is 11.0. The molecule has 2 aromatic heterocycles. The topological polar surface area (TPSA) is 96.3 Å². The summed E-state index contributed by atoms with van der Waals surface area (Å²) < 4.78 is 0. The molecule has 1 aliphatic carbocycles. The quantitative estimate of drug-likeness (QED) is 0.480. The number of nitrogens with zero attached hydrogens (tertiary/aromatic N) is 6. The van der Waals surface area contributed by atoms with Crippen LogP contribution in [0.5, 0.6) is 0 Å². The number of carbonyl (C=O) groups excluding carboxylic acids is 1. The molecule has 170 valence electrons. The molecular weight excluding hydrogens is 438 g/mol. The second kappa shape index (κ2) is 8.57. The fraction of sp³-hybridized carbons (Fsp3) is 0.111. The van der Waals surface area contributed by atoms with E-state index in [0.29, 0.717) is 23.8 Å². The average molecular weight is 460 g/mol. The van der Waals surface area contributed by atoms with Gasteiger partial charge in [0.2, 0.25) is 0 Å². The lowest BCUT2D eigenvalue weighted by molar-refractivity contribution is -0.114. The molecule has 1 amide bonds. The first-order chi connectivity index (χ1) is 17.1. The van der Waals surface area contributed by atoms with Crippen molar-refractivity contribution in [1.29, 1.82) is 0 Å². The van der Waals surface area contributed by atoms with Crippen LogP contribution in [-0.2, 0) is 17.8 Å². The van der Waals surface area contributed by atoms with Crippen LogP contribution in [0.15, 0.2) is 77.7 Å². The third-order valence-electron chi connectivity index (χ3n) is 6.21. The number of aliphatic imine (C=N–C) groups is 1. The lowest BCUT2D eigenvalue weighted by atomic mass is 10.0. The van der Waals surface area contributed by atoms with Crippen molar-refractivity contribution in [1.82, 2.24) is 20.2 Å². The Kier molecular flexibility index (Phi) is 5.11. The van der Waals surface area contributed by atoms with Gasteiger partial charge in [0.05, 0.1) is 24.6 Å². The lowest BCUT2D eigenvalue weighted by Crippen LogP contribution is -2.27. The standard InChI is InChI=1S/C27H21N7O/c1-34(24-6-9-30-31-16-24)27(35)21-10-17-2-3-18(11-20(17)12-21)26-29-8-7-25(33-26)32-23-5-4-19-14-28-15-22(19)13-23/h2-11,13,15-16H,12,14H2,1H3,(H,29,32,33). The smallest absolute Gasteiger partial charge is 0.254 e. The lowest BCUT2D eigenvalue weighted by Gasteiger charge is -2.17. The van der Waals surface area contributed by atoms with Crippen molar-refractivity contribution in [2.75, 3.05) is 17.3 Å². The number of likely N-dealkylation sites (N-methyl/N-ethyl adjacent to an activating group) is 1. The Hall–Kier alpha value is -4.72. The molecule has 0 saturated carbocycles. The van der Waals surface area contributed by atoms with Crippen LogP contribution >= 0.6 is 0 Å². The van der Waals surface area contributed by atoms with Gasteiger partial charge in [0, 0.05) is 42.7 Å². The highest BCUT2D eigenvalue weighted by Crippen LogP contribution is 2.31. The predicted octanol–water partition coefficient (Wildman–Crippen LogP) is 4.21. The minimum absolute atomic E-state index is 0.0578. The van der Waals surface area contributed by atoms with E-state index in [4.69, 9.17) is 4.98 Å². The van der Waals surface area contributed by atoms with E-state index in [1.54, 1.807) is 36.6 Å². The molecule has 6 rings (SSSR count). The Morgan fingerprint density at radius 3 is 2.80 bits per heavy atom. The van der Waals surface area contributed by atoms with Gasteiger partial charge in [-0.2, -0.15) is 10.2 Å². The van der Waals surface area contributed by atoms with Gasteiger partial charge in [-0.25, -0.2) is 9.97 Å². The Morgan fingerprint density at radius 2 is 1.91 bits per heavy atom. The number of carbonyl (C=O) groups is 1. The Balaban J connectivity index is 1.20. The maximum absolute atomic E-state index is 13.0. The molecule has 3 heterocycles. The van der Waals surface area contributed by atoms with Crippen LogP contribution in [0.4, 0.5) is 17.2 Å². The van der Waals surface area contributed by atoms with Crippen molar-refractivity contribution >= 4 is 35.4 Å². The number of benzene rings is 2. The molecule has 0 saturated heterocycles. The zero-order valence-electron chi connectivity index (χ0n) is 19.0. The molecule has 0 bridgehead atoms. The van der Waals surface area contributed by atoms with E-state index >= 15 is 0 Å². The van der Waals surface area contributed by atoms with Gasteiger partial charge in [0.15, 0.2) is 5.82 Å². The molecule has 0 unspecified atom stereocenters. The van der Waals surface area contributed by atoms with E-state index in [1.807, 2.05) is 36.6 Å². The monoisotopic (exact) mass is 459 g/mol. The molecule has 1 N–H and O–H groups in total. The highest BCUT2D eigenvalue weighted by molar-refractivity contribution is 6.09. The Morgan fingerprint density at radius 1 is 0.971 bits per heavy atom. The second-order valence-electron chi connectivity index (χ2n) is 8.50. The summed E-state index contributed by atoms with van der Waals surface area (Å²) in [4.78, 5) is 28.1. The zero-order chi connectivity index (χ0) is 23.8. The summed E-state index contributed by atoms with van der Waals surface area (Å²) in [6, 6.07) is 15.9. The van der Waals surface area contributed by atoms with E-state index < -0.39 is 0 Å². The summed E-state index contributed by atoms with van der Waals surface area (Å²) in [6.07, 6.45) is 9.30. The molecule has 0 spiro atoms. The van der Waals surface area contributed by atoms with Gasteiger partial charge in [-0.15, -0.1) is 0 Å². The minimum Gasteiger partial charge on any atom is -0.340 e. The van der Waals surface area contributed by atoms with Crippen molar-refractivity contribution in [3.63, 3.8) is 0 Å². The first-order valence-electron chi connectivity index (χ1n) is 11.3. The summed E-state index contributed by atoms with van der Waals surface area (Å²) >= 11 is 0. The van der Waals surface area contributed by atoms with Gasteiger partial charge in [-0.1, -0.05) is 18.2 Å². The van der Waals surface area contributed by atoms with Gasteiger partial charge in [-0.05, 0) is 58.7 Å². The number of anilines is 3. The molecule has 8 heteroatoms. The maximum atomic E-state index is 13.0. The molecular formula is C27H21N7O. The summed E-state index contributed by atoms with van der Waals surface area (Å²) in [7, 11) is 1.74. The molecule has 0 radical (unpaired) electrons. The number of amides is 1. The van der Waals surface area contributed by atoms with Crippen LogP contribution in [0.1, 0.15) is 22.3 Å². The zero-order valence-corrected chi connectivity index (χ0v) is 19.0. The highest BCUT2D eigenvalue weighted by atomic mass is 16.2. The van der Waals surface area contributed by atoms with Gasteiger partial charge < -0.3 is 10.2 Å². The van der Waals surface area contributed by atoms with Crippen LogP contribution in [-0.4, -0.2) is 39.3 Å². The number of hydrogen-bond acceptors (Lipinski definition) is 7. The summed E-state index contributed by atoms with van der Waals surface area (Å²) in [5.74, 6) is 1.28. The van der Waals surface area contributed by atoms with E-state index in [9.17, 15) is 4.79 Å². The normalized spacial score (nSPS) is 13.2. The number of fused-ring (bicyclic) bond motifs is 2. The molecule has 35 heavy (non-hydrogen) atoms. The molecule has 0 atom stereocenters. The number of aromatic nitrogens is 4. The van der Waals surface area contributed by atoms with E-state index in [2.05, 4.69) is 43.7 Å². The molecule has 8 nitrogen and oxygen atoms in total. The first-order valence-corrected chi connectivity index (χ1v) is 11.3. The molecule has 4 aromatic rings. The third kappa shape index (κ3) is 4.06. The summed E-state index contributed by atoms with van der Waals surface area (Å²) in [6.45, 7) is 0.741. The van der Waals surface area contributed by atoms with Crippen molar-refractivity contribution in [2.24, 2.45) is 4.99 Å². The average Bonchev–Trinajstić information content (AvgIpc) is 3.55. The maximum Gasteiger partial charge on any atom is 0.254 e. The van der Waals surface area contributed by atoms with Crippen molar-refractivity contribution in [3.8, 4) is 11.4 Å². The van der Waals surface area contributed by atoms with Gasteiger partial charge >= 0.3 is 0 Å². The van der Waals surface area contributed by atoms with Crippen molar-refractivity contribution < 1.29 is 4.79 Å². The minimum atomic E-state index is -0.0578. The number of hydrogen-bond donors (Lipinski definition) is 1. The third-order valence-corrected chi connectivity index (χ3v) is 6.21. The van der Waals surface area contributed by atoms with Crippen LogP contribution in [0.2, 0.25) is 0 Å². The molecule has 1 aliphatic heterocycles. The molecule has 0 fully saturated rings. The van der Waals surface area contributed by atoms with Crippen LogP contribution < -0.4 is 10.2 Å². The number of nitrogens with one attached hydrogen (secondary N) is 1. The van der Waals surface area contributed by atoms with E-state index in [1.165, 1.54) is 5.56 Å². The van der Waals surface area contributed by atoms with Crippen molar-refractivity contribution in [2.45, 2.75) is 13.0 Å². The SMILES string of the molecule is CN(C(=O)C1=Cc2ccc(-c3nccc(Nc4ccc5c(c4)C=NC5)n3)cc2C1)c1ccnnc1.